The maximum absolute atomic E-state index is 11.6. The molecule has 0 saturated heterocycles. The Labute approximate surface area is 220 Å². The van der Waals surface area contributed by atoms with Gasteiger partial charge in [0.15, 0.2) is 8.32 Å². The molecule has 216 valence electrons. The van der Waals surface area contributed by atoms with E-state index in [4.69, 9.17) is 37.6 Å². The van der Waals surface area contributed by atoms with Gasteiger partial charge in [-0.15, -0.1) is 0 Å². The third kappa shape index (κ3) is 31.4. The van der Waals surface area contributed by atoms with Gasteiger partial charge in [-0.1, -0.05) is 39.0 Å². The van der Waals surface area contributed by atoms with E-state index in [1.807, 2.05) is 0 Å². The van der Waals surface area contributed by atoms with E-state index in [1.54, 1.807) is 0 Å². The summed E-state index contributed by atoms with van der Waals surface area (Å²) in [5, 5.41) is 0. The van der Waals surface area contributed by atoms with Crippen molar-refractivity contribution in [2.45, 2.75) is 71.5 Å². The first-order valence-corrected chi connectivity index (χ1v) is 17.1. The monoisotopic (exact) mass is 538 g/mol. The number of esters is 1. The molecule has 0 rings (SSSR count). The van der Waals surface area contributed by atoms with Gasteiger partial charge in [0.05, 0.1) is 85.9 Å². The van der Waals surface area contributed by atoms with Gasteiger partial charge in [-0.05, 0) is 26.1 Å². The lowest BCUT2D eigenvalue weighted by atomic mass is 10.1. The number of rotatable bonds is 29. The minimum absolute atomic E-state index is 0.136. The third-order valence-corrected chi connectivity index (χ3v) is 5.92. The van der Waals surface area contributed by atoms with Gasteiger partial charge in [0.25, 0.3) is 0 Å². The molecular weight excluding hydrogens is 484 g/mol. The molecule has 0 atom stereocenters. The summed E-state index contributed by atoms with van der Waals surface area (Å²) in [7, 11) is -1.44. The van der Waals surface area contributed by atoms with Crippen molar-refractivity contribution in [3.05, 3.63) is 0 Å². The van der Waals surface area contributed by atoms with Crippen LogP contribution in [0.3, 0.4) is 0 Å². The molecule has 0 aliphatic rings. The van der Waals surface area contributed by atoms with Gasteiger partial charge in [0, 0.05) is 6.42 Å². The number of carbonyl (C=O) groups excluding carboxylic acids is 1. The average molecular weight is 539 g/mol. The van der Waals surface area contributed by atoms with E-state index in [0.29, 0.717) is 98.9 Å². The molecule has 0 aromatic heterocycles. The Kier molecular flexibility index (Phi) is 27.0. The van der Waals surface area contributed by atoms with E-state index in [2.05, 4.69) is 26.6 Å². The van der Waals surface area contributed by atoms with Crippen LogP contribution in [0.25, 0.3) is 0 Å². The Morgan fingerprint density at radius 1 is 0.500 bits per heavy atom. The largest absolute Gasteiger partial charge is 0.463 e. The van der Waals surface area contributed by atoms with Crippen molar-refractivity contribution in [1.82, 2.24) is 0 Å². The molecule has 0 bridgehead atoms. The Hall–Kier alpha value is -0.593. The van der Waals surface area contributed by atoms with Crippen molar-refractivity contribution in [3.63, 3.8) is 0 Å². The number of unbranched alkanes of at least 4 members (excludes halogenated alkanes) is 5. The summed E-state index contributed by atoms with van der Waals surface area (Å²) in [6.45, 7) is 15.8. The van der Waals surface area contributed by atoms with Crippen molar-refractivity contribution >= 4 is 14.3 Å². The molecule has 0 fully saturated rings. The lowest BCUT2D eigenvalue weighted by Gasteiger charge is -2.16. The van der Waals surface area contributed by atoms with E-state index in [-0.39, 0.29) is 5.97 Å². The Morgan fingerprint density at radius 3 is 1.28 bits per heavy atom. The molecule has 0 aliphatic carbocycles. The van der Waals surface area contributed by atoms with Crippen LogP contribution >= 0.6 is 0 Å². The molecule has 10 heteroatoms. The normalized spacial score (nSPS) is 11.8. The second-order valence-electron chi connectivity index (χ2n) is 9.37. The van der Waals surface area contributed by atoms with Crippen LogP contribution in [0.5, 0.6) is 0 Å². The van der Waals surface area contributed by atoms with E-state index < -0.39 is 8.32 Å². The second kappa shape index (κ2) is 27.4. The molecule has 0 aromatic rings. The Bertz CT molecular complexity index is 461. The predicted molar refractivity (Wildman–Crippen MR) is 143 cm³/mol. The topological polar surface area (TPSA) is 90.9 Å². The van der Waals surface area contributed by atoms with Crippen LogP contribution in [-0.2, 0) is 42.4 Å². The first-order valence-electron chi connectivity index (χ1n) is 13.7. The van der Waals surface area contributed by atoms with Crippen LogP contribution in [0.4, 0.5) is 0 Å². The Balaban J connectivity index is 3.12. The second-order valence-corrected chi connectivity index (χ2v) is 13.9. The molecule has 0 N–H and O–H groups in total. The number of ether oxygens (including phenoxy) is 7. The highest BCUT2D eigenvalue weighted by molar-refractivity contribution is 6.69. The first kappa shape index (κ1) is 35.4. The van der Waals surface area contributed by atoms with Gasteiger partial charge in [-0.25, -0.2) is 0 Å². The van der Waals surface area contributed by atoms with E-state index in [1.165, 1.54) is 25.7 Å². The van der Waals surface area contributed by atoms with Crippen molar-refractivity contribution in [2.24, 2.45) is 0 Å². The summed E-state index contributed by atoms with van der Waals surface area (Å²) in [6.07, 6.45) is 7.47. The predicted octanol–water partition coefficient (Wildman–Crippen LogP) is 4.23. The van der Waals surface area contributed by atoms with Gasteiger partial charge in [-0.3, -0.25) is 4.79 Å². The van der Waals surface area contributed by atoms with E-state index in [0.717, 1.165) is 12.8 Å². The molecule has 0 heterocycles. The number of hydrogen-bond acceptors (Lipinski definition) is 9. The first-order chi connectivity index (χ1) is 17.5. The molecule has 9 nitrogen and oxygen atoms in total. The highest BCUT2D eigenvalue weighted by Gasteiger charge is 2.13. The molecular formula is C26H54O9Si. The molecule has 36 heavy (non-hydrogen) atoms. The third-order valence-electron chi connectivity index (χ3n) is 4.85. The maximum Gasteiger partial charge on any atom is 0.305 e. The highest BCUT2D eigenvalue weighted by Crippen LogP contribution is 2.07. The number of carbonyl (C=O) groups is 1. The van der Waals surface area contributed by atoms with Crippen LogP contribution in [-0.4, -0.2) is 107 Å². The van der Waals surface area contributed by atoms with Gasteiger partial charge < -0.3 is 37.6 Å². The fraction of sp³-hybridized carbons (Fsp3) is 0.962. The van der Waals surface area contributed by atoms with Crippen LogP contribution in [0.15, 0.2) is 0 Å². The molecule has 0 aliphatic heterocycles. The number of hydrogen-bond donors (Lipinski definition) is 0. The summed E-state index contributed by atoms with van der Waals surface area (Å²) in [4.78, 5) is 11.6. The van der Waals surface area contributed by atoms with Crippen LogP contribution in [0, 0.1) is 0 Å². The quantitative estimate of drug-likeness (QED) is 0.0788. The molecule has 0 aromatic carbocycles. The van der Waals surface area contributed by atoms with Crippen LogP contribution in [0.1, 0.15) is 51.9 Å². The van der Waals surface area contributed by atoms with E-state index >= 15 is 0 Å². The standard InChI is InChI=1S/C26H54O9Si/c1-5-6-7-8-9-10-11-26(27)34-24-22-32-20-18-30-16-14-28-12-13-29-15-17-31-19-21-33-23-25-35-36(2,3)4/h5-25H2,1-4H3. The van der Waals surface area contributed by atoms with Gasteiger partial charge in [0.2, 0.25) is 0 Å². The van der Waals surface area contributed by atoms with Crippen LogP contribution < -0.4 is 0 Å². The zero-order valence-electron chi connectivity index (χ0n) is 23.5. The summed E-state index contributed by atoms with van der Waals surface area (Å²) in [6, 6.07) is 0. The smallest absolute Gasteiger partial charge is 0.305 e. The fourth-order valence-corrected chi connectivity index (χ4v) is 3.64. The molecule has 0 spiro atoms. The molecule has 0 radical (unpaired) electrons. The summed E-state index contributed by atoms with van der Waals surface area (Å²) >= 11 is 0. The molecule has 0 amide bonds. The van der Waals surface area contributed by atoms with E-state index in [9.17, 15) is 4.79 Å². The summed E-state index contributed by atoms with van der Waals surface area (Å²) in [5.74, 6) is -0.136. The lowest BCUT2D eigenvalue weighted by Crippen LogP contribution is -2.27. The summed E-state index contributed by atoms with van der Waals surface area (Å²) < 4.78 is 43.5. The lowest BCUT2D eigenvalue weighted by molar-refractivity contribution is -0.145. The summed E-state index contributed by atoms with van der Waals surface area (Å²) in [5.41, 5.74) is 0. The van der Waals surface area contributed by atoms with Crippen molar-refractivity contribution in [2.75, 3.05) is 92.5 Å². The highest BCUT2D eigenvalue weighted by atomic mass is 28.4. The van der Waals surface area contributed by atoms with Crippen molar-refractivity contribution < 1.29 is 42.4 Å². The van der Waals surface area contributed by atoms with Crippen molar-refractivity contribution in [3.8, 4) is 0 Å². The van der Waals surface area contributed by atoms with Crippen LogP contribution in [0.2, 0.25) is 19.6 Å². The molecule has 0 saturated carbocycles. The minimum atomic E-state index is -1.44. The fourth-order valence-electron chi connectivity index (χ4n) is 2.94. The maximum atomic E-state index is 11.6. The SMILES string of the molecule is CCCCCCCCC(=O)OCCOCCOCCOCCOCCOCCOCCO[Si](C)(C)C. The molecule has 0 unspecified atom stereocenters. The average Bonchev–Trinajstić information content (AvgIpc) is 2.83. The zero-order chi connectivity index (χ0) is 26.6. The minimum Gasteiger partial charge on any atom is -0.463 e. The Morgan fingerprint density at radius 2 is 0.861 bits per heavy atom. The van der Waals surface area contributed by atoms with Gasteiger partial charge in [0.1, 0.15) is 6.61 Å². The van der Waals surface area contributed by atoms with Gasteiger partial charge in [-0.2, -0.15) is 0 Å². The zero-order valence-corrected chi connectivity index (χ0v) is 24.5. The van der Waals surface area contributed by atoms with Gasteiger partial charge >= 0.3 is 5.97 Å². The van der Waals surface area contributed by atoms with Crippen molar-refractivity contribution in [1.29, 1.82) is 0 Å².